The van der Waals surface area contributed by atoms with E-state index in [1.165, 1.54) is 16.3 Å². The Bertz CT molecular complexity index is 514. The van der Waals surface area contributed by atoms with E-state index in [2.05, 4.69) is 54.6 Å². The molecule has 1 N–H and O–H groups in total. The van der Waals surface area contributed by atoms with Gasteiger partial charge in [0, 0.05) is 6.61 Å². The molecule has 0 spiro atoms. The summed E-state index contributed by atoms with van der Waals surface area (Å²) in [4.78, 5) is 0. The van der Waals surface area contributed by atoms with Crippen molar-refractivity contribution in [2.45, 2.75) is 25.7 Å². The van der Waals surface area contributed by atoms with Crippen LogP contribution in [0.3, 0.4) is 0 Å². The summed E-state index contributed by atoms with van der Waals surface area (Å²) >= 11 is 0. The molecule has 0 aliphatic heterocycles. The molecule has 2 aromatic carbocycles. The monoisotopic (exact) mass is 240 g/mol. The highest BCUT2D eigenvalue weighted by Gasteiger charge is 1.92. The smallest absolute Gasteiger partial charge is 0.0431 e. The van der Waals surface area contributed by atoms with Gasteiger partial charge in [-0.1, -0.05) is 55.0 Å². The van der Waals surface area contributed by atoms with Crippen molar-refractivity contribution in [2.24, 2.45) is 0 Å². The second kappa shape index (κ2) is 6.97. The van der Waals surface area contributed by atoms with Crippen molar-refractivity contribution in [2.75, 3.05) is 6.61 Å². The molecular weight excluding hydrogens is 220 g/mol. The number of aliphatic hydroxyl groups is 1. The predicted octanol–water partition coefficient (Wildman–Crippen LogP) is 4.41. The number of fused-ring (bicyclic) bond motifs is 1. The maximum Gasteiger partial charge on any atom is 0.0431 e. The van der Waals surface area contributed by atoms with Gasteiger partial charge in [0.15, 0.2) is 0 Å². The Hall–Kier alpha value is -1.60. The lowest BCUT2D eigenvalue weighted by molar-refractivity contribution is 0.283. The van der Waals surface area contributed by atoms with E-state index in [1.807, 2.05) is 0 Å². The second-order valence-corrected chi connectivity index (χ2v) is 4.58. The van der Waals surface area contributed by atoms with Crippen molar-refractivity contribution in [3.05, 3.63) is 54.1 Å². The first-order chi connectivity index (χ1) is 8.90. The molecule has 0 fully saturated rings. The normalized spacial score (nSPS) is 11.4. The third kappa shape index (κ3) is 3.71. The van der Waals surface area contributed by atoms with E-state index in [0.29, 0.717) is 6.61 Å². The number of benzene rings is 2. The number of hydrogen-bond donors (Lipinski definition) is 1. The summed E-state index contributed by atoms with van der Waals surface area (Å²) < 4.78 is 0. The van der Waals surface area contributed by atoms with Gasteiger partial charge < -0.3 is 5.11 Å². The molecule has 0 bridgehead atoms. The van der Waals surface area contributed by atoms with Gasteiger partial charge in [0.1, 0.15) is 0 Å². The van der Waals surface area contributed by atoms with Crippen molar-refractivity contribution in [1.82, 2.24) is 0 Å². The van der Waals surface area contributed by atoms with Crippen LogP contribution < -0.4 is 0 Å². The number of allylic oxidation sites excluding steroid dienone is 1. The van der Waals surface area contributed by atoms with Crippen LogP contribution in [0.4, 0.5) is 0 Å². The lowest BCUT2D eigenvalue weighted by Gasteiger charge is -1.99. The topological polar surface area (TPSA) is 20.2 Å². The SMILES string of the molecule is OCCCCC/C=C/c1ccc2ccccc2c1. The van der Waals surface area contributed by atoms with Crippen molar-refractivity contribution in [3.8, 4) is 0 Å². The zero-order valence-corrected chi connectivity index (χ0v) is 10.7. The van der Waals surface area contributed by atoms with Gasteiger partial charge in [-0.05, 0) is 41.7 Å². The number of hydrogen-bond acceptors (Lipinski definition) is 1. The molecule has 0 aliphatic rings. The van der Waals surface area contributed by atoms with Gasteiger partial charge in [0.05, 0.1) is 0 Å². The minimum Gasteiger partial charge on any atom is -0.396 e. The van der Waals surface area contributed by atoms with Gasteiger partial charge in [-0.15, -0.1) is 0 Å². The minimum absolute atomic E-state index is 0.314. The zero-order chi connectivity index (χ0) is 12.6. The predicted molar refractivity (Wildman–Crippen MR) is 78.5 cm³/mol. The van der Waals surface area contributed by atoms with Gasteiger partial charge in [-0.25, -0.2) is 0 Å². The van der Waals surface area contributed by atoms with E-state index >= 15 is 0 Å². The highest BCUT2D eigenvalue weighted by molar-refractivity contribution is 5.84. The van der Waals surface area contributed by atoms with E-state index in [-0.39, 0.29) is 0 Å². The summed E-state index contributed by atoms with van der Waals surface area (Å²) in [6, 6.07) is 15.0. The number of unbranched alkanes of at least 4 members (excludes halogenated alkanes) is 3. The first kappa shape index (κ1) is 12.8. The standard InChI is InChI=1S/C17H20O/c18-13-7-3-1-2-4-8-15-11-12-16-9-5-6-10-17(16)14-15/h4-6,8-12,14,18H,1-3,7,13H2/b8-4+. The van der Waals surface area contributed by atoms with Crippen molar-refractivity contribution in [3.63, 3.8) is 0 Å². The molecule has 0 aliphatic carbocycles. The molecule has 18 heavy (non-hydrogen) atoms. The fourth-order valence-electron chi connectivity index (χ4n) is 2.08. The average Bonchev–Trinajstić information content (AvgIpc) is 2.42. The lowest BCUT2D eigenvalue weighted by atomic mass is 10.1. The zero-order valence-electron chi connectivity index (χ0n) is 10.7. The van der Waals surface area contributed by atoms with Crippen LogP contribution in [0, 0.1) is 0 Å². The summed E-state index contributed by atoms with van der Waals surface area (Å²) in [5.74, 6) is 0. The molecule has 1 nitrogen and oxygen atoms in total. The Morgan fingerprint density at radius 1 is 0.889 bits per heavy atom. The number of aliphatic hydroxyl groups excluding tert-OH is 1. The average molecular weight is 240 g/mol. The highest BCUT2D eigenvalue weighted by atomic mass is 16.2. The van der Waals surface area contributed by atoms with E-state index in [1.54, 1.807) is 0 Å². The van der Waals surface area contributed by atoms with Gasteiger partial charge >= 0.3 is 0 Å². The highest BCUT2D eigenvalue weighted by Crippen LogP contribution is 2.16. The van der Waals surface area contributed by atoms with Crippen molar-refractivity contribution in [1.29, 1.82) is 0 Å². The Labute approximate surface area is 109 Å². The third-order valence-corrected chi connectivity index (χ3v) is 3.11. The molecule has 0 saturated carbocycles. The summed E-state index contributed by atoms with van der Waals surface area (Å²) in [5, 5.41) is 11.3. The Morgan fingerprint density at radius 3 is 2.56 bits per heavy atom. The lowest BCUT2D eigenvalue weighted by Crippen LogP contribution is -1.81. The van der Waals surface area contributed by atoms with Crippen LogP contribution in [-0.2, 0) is 0 Å². The molecule has 2 aromatic rings. The van der Waals surface area contributed by atoms with Crippen LogP contribution in [-0.4, -0.2) is 11.7 Å². The van der Waals surface area contributed by atoms with E-state index in [0.717, 1.165) is 25.7 Å². The molecule has 1 heteroatoms. The minimum atomic E-state index is 0.314. The summed E-state index contributed by atoms with van der Waals surface area (Å²) in [5.41, 5.74) is 1.26. The summed E-state index contributed by atoms with van der Waals surface area (Å²) in [6.07, 6.45) is 8.69. The molecule has 0 aromatic heterocycles. The van der Waals surface area contributed by atoms with E-state index < -0.39 is 0 Å². The van der Waals surface area contributed by atoms with Gasteiger partial charge in [0.2, 0.25) is 0 Å². The second-order valence-electron chi connectivity index (χ2n) is 4.58. The largest absolute Gasteiger partial charge is 0.396 e. The van der Waals surface area contributed by atoms with Crippen LogP contribution in [0.5, 0.6) is 0 Å². The molecule has 0 heterocycles. The Morgan fingerprint density at radius 2 is 1.72 bits per heavy atom. The third-order valence-electron chi connectivity index (χ3n) is 3.11. The Balaban J connectivity index is 1.93. The molecule has 0 unspecified atom stereocenters. The molecule has 0 atom stereocenters. The summed E-state index contributed by atoms with van der Waals surface area (Å²) in [7, 11) is 0. The maximum absolute atomic E-state index is 8.68. The summed E-state index contributed by atoms with van der Waals surface area (Å²) in [6.45, 7) is 0.314. The Kier molecular flexibility index (Phi) is 4.98. The molecule has 2 rings (SSSR count). The molecule has 94 valence electrons. The van der Waals surface area contributed by atoms with Crippen LogP contribution >= 0.6 is 0 Å². The van der Waals surface area contributed by atoms with Gasteiger partial charge in [0.25, 0.3) is 0 Å². The van der Waals surface area contributed by atoms with Crippen LogP contribution in [0.25, 0.3) is 16.8 Å². The van der Waals surface area contributed by atoms with Crippen LogP contribution in [0.2, 0.25) is 0 Å². The first-order valence-electron chi connectivity index (χ1n) is 6.66. The van der Waals surface area contributed by atoms with Crippen LogP contribution in [0.15, 0.2) is 48.5 Å². The quantitative estimate of drug-likeness (QED) is 0.742. The van der Waals surface area contributed by atoms with E-state index in [4.69, 9.17) is 5.11 Å². The maximum atomic E-state index is 8.68. The molecule has 0 amide bonds. The van der Waals surface area contributed by atoms with Gasteiger partial charge in [-0.2, -0.15) is 0 Å². The number of rotatable bonds is 6. The van der Waals surface area contributed by atoms with E-state index in [9.17, 15) is 0 Å². The molecule has 0 radical (unpaired) electrons. The fourth-order valence-corrected chi connectivity index (χ4v) is 2.08. The van der Waals surface area contributed by atoms with Crippen LogP contribution in [0.1, 0.15) is 31.2 Å². The fraction of sp³-hybridized carbons (Fsp3) is 0.294. The first-order valence-corrected chi connectivity index (χ1v) is 6.66. The molecule has 0 saturated heterocycles. The van der Waals surface area contributed by atoms with Crippen molar-refractivity contribution < 1.29 is 5.11 Å². The molecular formula is C17H20O. The van der Waals surface area contributed by atoms with Crippen molar-refractivity contribution >= 4 is 16.8 Å². The van der Waals surface area contributed by atoms with Gasteiger partial charge in [-0.3, -0.25) is 0 Å².